The molecule has 188 valence electrons. The topological polar surface area (TPSA) is 122 Å². The van der Waals surface area contributed by atoms with Gasteiger partial charge in [0.2, 0.25) is 11.8 Å². The van der Waals surface area contributed by atoms with E-state index in [1.807, 2.05) is 25.3 Å². The Kier molecular flexibility index (Phi) is 7.59. The lowest BCUT2D eigenvalue weighted by Gasteiger charge is -2.27. The van der Waals surface area contributed by atoms with Crippen molar-refractivity contribution in [2.45, 2.75) is 70.4 Å². The van der Waals surface area contributed by atoms with Crippen LogP contribution >= 0.6 is 0 Å². The zero-order chi connectivity index (χ0) is 24.1. The molecule has 0 aromatic carbocycles. The zero-order valence-corrected chi connectivity index (χ0v) is 19.6. The van der Waals surface area contributed by atoms with E-state index in [-0.39, 0.29) is 28.2 Å². The molecule has 1 aliphatic heterocycles. The van der Waals surface area contributed by atoms with Gasteiger partial charge in [-0.3, -0.25) is 14.4 Å². The van der Waals surface area contributed by atoms with Crippen molar-refractivity contribution >= 4 is 29.7 Å². The third kappa shape index (κ3) is 5.81. The highest BCUT2D eigenvalue weighted by Crippen LogP contribution is 2.27. The number of aldehydes is 1. The van der Waals surface area contributed by atoms with Gasteiger partial charge in [-0.2, -0.15) is 0 Å². The van der Waals surface area contributed by atoms with Crippen LogP contribution in [0.25, 0.3) is 5.65 Å². The van der Waals surface area contributed by atoms with Crippen molar-refractivity contribution in [2.75, 3.05) is 6.54 Å². The second-order valence-electron chi connectivity index (χ2n) is 9.63. The third-order valence-electron chi connectivity index (χ3n) is 6.94. The molecule has 2 aromatic rings. The summed E-state index contributed by atoms with van der Waals surface area (Å²) in [6, 6.07) is 2.21. The summed E-state index contributed by atoms with van der Waals surface area (Å²) < 4.78 is 1.79. The fourth-order valence-electron chi connectivity index (χ4n) is 5.04. The van der Waals surface area contributed by atoms with Crippen molar-refractivity contribution in [3.05, 3.63) is 35.8 Å². The van der Waals surface area contributed by atoms with Crippen molar-refractivity contribution in [3.8, 4) is 0 Å². The molecule has 2 aliphatic rings. The average molecular weight is 474 g/mol. The number of aryl methyl sites for hydroxylation is 1. The predicted molar refractivity (Wildman–Crippen MR) is 132 cm³/mol. The molecule has 4 rings (SSSR count). The second-order valence-corrected chi connectivity index (χ2v) is 9.63. The molecule has 0 spiro atoms. The minimum absolute atomic E-state index is 0. The highest BCUT2D eigenvalue weighted by molar-refractivity contribution is 5.97. The Labute approximate surface area is 203 Å². The van der Waals surface area contributed by atoms with Crippen LogP contribution in [0.5, 0.6) is 0 Å². The molecule has 3 N–H and O–H groups in total. The first kappa shape index (κ1) is 23.9. The Morgan fingerprint density at radius 1 is 1.18 bits per heavy atom. The normalized spacial score (nSPS) is 20.5. The SMILES string of the molecule is Cc1ccc2nc(C(=O)N[C@@H](CC3CCCCC3)C(=O)N[C@H](C=O)CC3CCNC3=O)cn2c1.[HH].[HH].[HH]. The quantitative estimate of drug-likeness (QED) is 0.484. The maximum Gasteiger partial charge on any atom is 0.272 e. The van der Waals surface area contributed by atoms with Gasteiger partial charge >= 0.3 is 0 Å². The number of nitrogens with zero attached hydrogens (tertiary/aromatic N) is 2. The van der Waals surface area contributed by atoms with Gasteiger partial charge < -0.3 is 25.1 Å². The van der Waals surface area contributed by atoms with Crippen molar-refractivity contribution < 1.29 is 23.5 Å². The van der Waals surface area contributed by atoms with E-state index in [1.165, 1.54) is 6.42 Å². The van der Waals surface area contributed by atoms with E-state index in [1.54, 1.807) is 10.6 Å². The van der Waals surface area contributed by atoms with Gasteiger partial charge in [-0.05, 0) is 43.7 Å². The number of aromatic nitrogens is 2. The number of hydrogen-bond donors (Lipinski definition) is 3. The minimum Gasteiger partial charge on any atom is -0.356 e. The van der Waals surface area contributed by atoms with Gasteiger partial charge in [-0.1, -0.05) is 38.2 Å². The Morgan fingerprint density at radius 3 is 2.68 bits per heavy atom. The van der Waals surface area contributed by atoms with Crippen LogP contribution in [0, 0.1) is 18.8 Å². The van der Waals surface area contributed by atoms with Crippen LogP contribution < -0.4 is 16.0 Å². The highest BCUT2D eigenvalue weighted by Gasteiger charge is 2.31. The van der Waals surface area contributed by atoms with E-state index in [0.29, 0.717) is 37.2 Å². The number of rotatable bonds is 9. The lowest BCUT2D eigenvalue weighted by atomic mass is 9.84. The summed E-state index contributed by atoms with van der Waals surface area (Å²) in [4.78, 5) is 54.2. The van der Waals surface area contributed by atoms with Crippen LogP contribution in [0.3, 0.4) is 0 Å². The van der Waals surface area contributed by atoms with Crippen LogP contribution in [0.15, 0.2) is 24.5 Å². The first-order valence-electron chi connectivity index (χ1n) is 12.2. The Hall–Kier alpha value is -3.23. The van der Waals surface area contributed by atoms with E-state index in [0.717, 1.165) is 31.2 Å². The smallest absolute Gasteiger partial charge is 0.272 e. The van der Waals surface area contributed by atoms with Gasteiger partial charge in [0.05, 0.1) is 6.04 Å². The van der Waals surface area contributed by atoms with E-state index >= 15 is 0 Å². The first-order chi connectivity index (χ1) is 16.4. The average Bonchev–Trinajstić information content (AvgIpc) is 3.44. The maximum absolute atomic E-state index is 13.2. The molecule has 3 atom stereocenters. The van der Waals surface area contributed by atoms with Gasteiger partial charge in [0.1, 0.15) is 23.7 Å². The maximum atomic E-state index is 13.2. The molecule has 34 heavy (non-hydrogen) atoms. The van der Waals surface area contributed by atoms with Crippen molar-refractivity contribution in [1.82, 2.24) is 25.3 Å². The molecule has 3 heterocycles. The molecule has 2 fully saturated rings. The van der Waals surface area contributed by atoms with E-state index < -0.39 is 23.9 Å². The Balaban J connectivity index is 0.00000228. The summed E-state index contributed by atoms with van der Waals surface area (Å²) in [7, 11) is 0. The van der Waals surface area contributed by atoms with E-state index in [2.05, 4.69) is 20.9 Å². The highest BCUT2D eigenvalue weighted by atomic mass is 16.2. The standard InChI is InChI=1S/C25H33N5O4.3H2/c1-16-7-8-22-28-21(14-30(22)13-16)25(34)29-20(11-17-5-3-2-4-6-17)24(33)27-19(15-31)12-18-9-10-26-23(18)32;;;/h7-8,13-15,17-20H,2-6,9-12H2,1H3,(H,26,32)(H,27,33)(H,29,34);3*1H/t18?,19-,20-;;;/m0.../s1. The minimum atomic E-state index is -0.776. The summed E-state index contributed by atoms with van der Waals surface area (Å²) in [5.41, 5.74) is 1.93. The predicted octanol–water partition coefficient (Wildman–Crippen LogP) is 2.66. The molecule has 1 aliphatic carbocycles. The van der Waals surface area contributed by atoms with Crippen molar-refractivity contribution in [2.24, 2.45) is 11.8 Å². The van der Waals surface area contributed by atoms with Crippen LogP contribution in [-0.4, -0.2) is 52.0 Å². The third-order valence-corrected chi connectivity index (χ3v) is 6.94. The van der Waals surface area contributed by atoms with Gasteiger partial charge in [0, 0.05) is 29.1 Å². The van der Waals surface area contributed by atoms with Crippen LogP contribution in [0.2, 0.25) is 0 Å². The lowest BCUT2D eigenvalue weighted by Crippen LogP contribution is -2.51. The monoisotopic (exact) mass is 473 g/mol. The first-order valence-corrected chi connectivity index (χ1v) is 12.2. The summed E-state index contributed by atoms with van der Waals surface area (Å²) in [5, 5.41) is 8.39. The fourth-order valence-corrected chi connectivity index (χ4v) is 5.04. The molecule has 1 unspecified atom stereocenters. The number of fused-ring (bicyclic) bond motifs is 1. The molecule has 9 heteroatoms. The van der Waals surface area contributed by atoms with E-state index in [9.17, 15) is 19.2 Å². The summed E-state index contributed by atoms with van der Waals surface area (Å²) >= 11 is 0. The lowest BCUT2D eigenvalue weighted by molar-refractivity contribution is -0.127. The molecule has 1 saturated carbocycles. The Bertz CT molecular complexity index is 1070. The number of amides is 3. The molecule has 1 saturated heterocycles. The molecule has 3 amide bonds. The molecule has 0 radical (unpaired) electrons. The molecule has 2 aromatic heterocycles. The van der Waals surface area contributed by atoms with Crippen molar-refractivity contribution in [1.29, 1.82) is 0 Å². The molecular formula is C25H39N5O4. The van der Waals surface area contributed by atoms with Gasteiger partial charge in [0.15, 0.2) is 0 Å². The van der Waals surface area contributed by atoms with Crippen molar-refractivity contribution in [3.63, 3.8) is 0 Å². The summed E-state index contributed by atoms with van der Waals surface area (Å²) in [5.74, 6) is -0.855. The largest absolute Gasteiger partial charge is 0.356 e. The van der Waals surface area contributed by atoms with Gasteiger partial charge in [0.25, 0.3) is 5.91 Å². The number of carbonyl (C=O) groups excluding carboxylic acids is 4. The fraction of sp³-hybridized carbons (Fsp3) is 0.560. The zero-order valence-electron chi connectivity index (χ0n) is 19.6. The molecular weight excluding hydrogens is 434 g/mol. The number of nitrogens with one attached hydrogen (secondary N) is 3. The Morgan fingerprint density at radius 2 is 1.97 bits per heavy atom. The summed E-state index contributed by atoms with van der Waals surface area (Å²) in [6.45, 7) is 2.55. The van der Waals surface area contributed by atoms with Gasteiger partial charge in [-0.25, -0.2) is 4.98 Å². The number of carbonyl (C=O) groups is 4. The second kappa shape index (κ2) is 10.8. The van der Waals surface area contributed by atoms with Crippen LogP contribution in [0.1, 0.15) is 71.7 Å². The number of pyridine rings is 1. The number of hydrogen-bond acceptors (Lipinski definition) is 5. The van der Waals surface area contributed by atoms with E-state index in [4.69, 9.17) is 0 Å². The molecule has 0 bridgehead atoms. The summed E-state index contributed by atoms with van der Waals surface area (Å²) in [6.07, 6.45) is 11.1. The number of imidazole rings is 1. The van der Waals surface area contributed by atoms with Gasteiger partial charge in [-0.15, -0.1) is 0 Å². The van der Waals surface area contributed by atoms with Crippen LogP contribution in [0.4, 0.5) is 0 Å². The molecule has 9 nitrogen and oxygen atoms in total. The van der Waals surface area contributed by atoms with Crippen LogP contribution in [-0.2, 0) is 14.4 Å².